The average molecular weight is 350 g/mol. The van der Waals surface area contributed by atoms with Gasteiger partial charge in [0.25, 0.3) is 0 Å². The van der Waals surface area contributed by atoms with Crippen molar-refractivity contribution in [1.29, 1.82) is 0 Å². The number of nitrogens with zero attached hydrogens (tertiary/aromatic N) is 1. The van der Waals surface area contributed by atoms with Crippen LogP contribution in [0.3, 0.4) is 0 Å². The van der Waals surface area contributed by atoms with Gasteiger partial charge in [-0.3, -0.25) is 4.99 Å². The summed E-state index contributed by atoms with van der Waals surface area (Å²) in [5.41, 5.74) is 2.90. The van der Waals surface area contributed by atoms with Crippen LogP contribution in [0.1, 0.15) is 11.1 Å². The van der Waals surface area contributed by atoms with E-state index in [4.69, 9.17) is 14.2 Å². The molecule has 0 saturated heterocycles. The smallest absolute Gasteiger partial charge is 0.330 e. The third-order valence-corrected chi connectivity index (χ3v) is 4.36. The van der Waals surface area contributed by atoms with Crippen molar-refractivity contribution in [3.8, 4) is 11.5 Å². The van der Waals surface area contributed by atoms with E-state index in [9.17, 15) is 4.79 Å². The molecule has 1 atom stereocenters. The molecule has 0 saturated carbocycles. The highest BCUT2D eigenvalue weighted by Gasteiger charge is 2.20. The molecule has 3 aromatic rings. The number of aromatic nitrogens is 1. The molecular formula is C20H18N2O4. The molecule has 2 heterocycles. The van der Waals surface area contributed by atoms with Gasteiger partial charge in [0.15, 0.2) is 17.5 Å². The lowest BCUT2D eigenvalue weighted by Crippen LogP contribution is -2.23. The average Bonchev–Trinajstić information content (AvgIpc) is 3.31. The van der Waals surface area contributed by atoms with Gasteiger partial charge < -0.3 is 19.2 Å². The summed E-state index contributed by atoms with van der Waals surface area (Å²) in [6, 6.07) is 12.9. The Kier molecular flexibility index (Phi) is 4.31. The maximum absolute atomic E-state index is 12.2. The third kappa shape index (κ3) is 3.13. The van der Waals surface area contributed by atoms with Crippen LogP contribution in [0.4, 0.5) is 0 Å². The molecule has 0 spiro atoms. The molecule has 6 nitrogen and oxygen atoms in total. The van der Waals surface area contributed by atoms with E-state index in [-0.39, 0.29) is 12.8 Å². The van der Waals surface area contributed by atoms with Gasteiger partial charge >= 0.3 is 5.97 Å². The summed E-state index contributed by atoms with van der Waals surface area (Å²) >= 11 is 0. The lowest BCUT2D eigenvalue weighted by molar-refractivity contribution is -0.142. The molecule has 0 fully saturated rings. The number of carbonyl (C=O) groups excluding carboxylic acids is 1. The first kappa shape index (κ1) is 16.2. The van der Waals surface area contributed by atoms with Gasteiger partial charge in [-0.15, -0.1) is 0 Å². The second-order valence-corrected chi connectivity index (χ2v) is 5.99. The SMILES string of the molecule is COC(=O)[C@@H](Cc1c[nH]c2ccccc12)/N=C/c1ccc2c(c1)OCO2. The number of hydrogen-bond acceptors (Lipinski definition) is 5. The Morgan fingerprint density at radius 2 is 2.12 bits per heavy atom. The normalized spacial score (nSPS) is 14.0. The van der Waals surface area contributed by atoms with Crippen LogP contribution >= 0.6 is 0 Å². The molecule has 0 radical (unpaired) electrons. The highest BCUT2D eigenvalue weighted by molar-refractivity contribution is 5.87. The minimum Gasteiger partial charge on any atom is -0.467 e. The summed E-state index contributed by atoms with van der Waals surface area (Å²) in [4.78, 5) is 19.9. The van der Waals surface area contributed by atoms with Crippen LogP contribution in [-0.4, -0.2) is 37.1 Å². The highest BCUT2D eigenvalue weighted by atomic mass is 16.7. The van der Waals surface area contributed by atoms with Gasteiger partial charge in [0.1, 0.15) is 0 Å². The van der Waals surface area contributed by atoms with Crippen LogP contribution in [-0.2, 0) is 16.0 Å². The first-order valence-electron chi connectivity index (χ1n) is 8.30. The van der Waals surface area contributed by atoms with Gasteiger partial charge in [-0.05, 0) is 35.4 Å². The van der Waals surface area contributed by atoms with Crippen molar-refractivity contribution in [2.45, 2.75) is 12.5 Å². The van der Waals surface area contributed by atoms with Crippen molar-refractivity contribution >= 4 is 23.1 Å². The van der Waals surface area contributed by atoms with Crippen LogP contribution in [0.5, 0.6) is 11.5 Å². The zero-order chi connectivity index (χ0) is 17.9. The topological polar surface area (TPSA) is 72.9 Å². The van der Waals surface area contributed by atoms with Gasteiger partial charge in [0, 0.05) is 29.7 Å². The second-order valence-electron chi connectivity index (χ2n) is 5.99. The maximum Gasteiger partial charge on any atom is 0.330 e. The molecule has 1 aliphatic rings. The van der Waals surface area contributed by atoms with Gasteiger partial charge in [-0.25, -0.2) is 4.79 Å². The molecule has 4 rings (SSSR count). The molecule has 1 N–H and O–H groups in total. The van der Waals surface area contributed by atoms with Crippen LogP contribution in [0, 0.1) is 0 Å². The molecule has 132 valence electrons. The van der Waals surface area contributed by atoms with E-state index >= 15 is 0 Å². The number of esters is 1. The highest BCUT2D eigenvalue weighted by Crippen LogP contribution is 2.32. The second kappa shape index (κ2) is 6.92. The number of aromatic amines is 1. The molecule has 0 amide bonds. The third-order valence-electron chi connectivity index (χ3n) is 4.36. The van der Waals surface area contributed by atoms with Gasteiger partial charge in [-0.1, -0.05) is 18.2 Å². The van der Waals surface area contributed by atoms with Crippen molar-refractivity contribution in [3.05, 3.63) is 59.8 Å². The Morgan fingerprint density at radius 1 is 1.27 bits per heavy atom. The van der Waals surface area contributed by atoms with Crippen LogP contribution < -0.4 is 9.47 Å². The zero-order valence-corrected chi connectivity index (χ0v) is 14.3. The van der Waals surface area contributed by atoms with E-state index < -0.39 is 6.04 Å². The fraction of sp³-hybridized carbons (Fsp3) is 0.200. The van der Waals surface area contributed by atoms with E-state index in [1.165, 1.54) is 7.11 Å². The predicted molar refractivity (Wildman–Crippen MR) is 98.0 cm³/mol. The minimum atomic E-state index is -0.621. The maximum atomic E-state index is 12.2. The van der Waals surface area contributed by atoms with Crippen molar-refractivity contribution in [2.24, 2.45) is 4.99 Å². The molecule has 1 aliphatic heterocycles. The first-order chi connectivity index (χ1) is 12.7. The summed E-state index contributed by atoms with van der Waals surface area (Å²) in [6.07, 6.45) is 4.03. The van der Waals surface area contributed by atoms with Gasteiger partial charge in [-0.2, -0.15) is 0 Å². The summed E-state index contributed by atoms with van der Waals surface area (Å²) in [5, 5.41) is 1.08. The molecular weight excluding hydrogens is 332 g/mol. The Labute approximate surface area is 150 Å². The van der Waals surface area contributed by atoms with Gasteiger partial charge in [0.2, 0.25) is 6.79 Å². The zero-order valence-electron chi connectivity index (χ0n) is 14.3. The summed E-state index contributed by atoms with van der Waals surface area (Å²) in [7, 11) is 1.38. The Bertz CT molecular complexity index is 977. The Hall–Kier alpha value is -3.28. The van der Waals surface area contributed by atoms with Crippen LogP contribution in [0.15, 0.2) is 53.7 Å². The number of nitrogens with one attached hydrogen (secondary N) is 1. The number of H-pyrrole nitrogens is 1. The quantitative estimate of drug-likeness (QED) is 0.567. The number of benzene rings is 2. The summed E-state index contributed by atoms with van der Waals surface area (Å²) < 4.78 is 15.6. The summed E-state index contributed by atoms with van der Waals surface area (Å²) in [6.45, 7) is 0.223. The lowest BCUT2D eigenvalue weighted by Gasteiger charge is -2.09. The van der Waals surface area contributed by atoms with E-state index in [0.29, 0.717) is 17.9 Å². The monoisotopic (exact) mass is 350 g/mol. The number of fused-ring (bicyclic) bond motifs is 2. The number of rotatable bonds is 5. The largest absolute Gasteiger partial charge is 0.467 e. The fourth-order valence-electron chi connectivity index (χ4n) is 3.01. The van der Waals surface area contributed by atoms with E-state index in [1.807, 2.05) is 48.7 Å². The summed E-state index contributed by atoms with van der Waals surface area (Å²) in [5.74, 6) is 1.03. The van der Waals surface area contributed by atoms with E-state index in [0.717, 1.165) is 22.0 Å². The van der Waals surface area contributed by atoms with Crippen LogP contribution in [0.2, 0.25) is 0 Å². The minimum absolute atomic E-state index is 0.223. The van der Waals surface area contributed by atoms with Crippen LogP contribution in [0.25, 0.3) is 10.9 Å². The van der Waals surface area contributed by atoms with Crippen molar-refractivity contribution < 1.29 is 19.0 Å². The van der Waals surface area contributed by atoms with E-state index in [2.05, 4.69) is 9.98 Å². The van der Waals surface area contributed by atoms with E-state index in [1.54, 1.807) is 6.21 Å². The molecule has 0 aliphatic carbocycles. The number of carbonyl (C=O) groups is 1. The fourth-order valence-corrected chi connectivity index (χ4v) is 3.01. The predicted octanol–water partition coefficient (Wildman–Crippen LogP) is 3.10. The number of aliphatic imine (C=N–C) groups is 1. The Balaban J connectivity index is 1.58. The van der Waals surface area contributed by atoms with Crippen molar-refractivity contribution in [2.75, 3.05) is 13.9 Å². The van der Waals surface area contributed by atoms with Crippen molar-refractivity contribution in [3.63, 3.8) is 0 Å². The van der Waals surface area contributed by atoms with Gasteiger partial charge in [0.05, 0.1) is 7.11 Å². The molecule has 26 heavy (non-hydrogen) atoms. The Morgan fingerprint density at radius 3 is 3.00 bits per heavy atom. The molecule has 2 aromatic carbocycles. The molecule has 0 unspecified atom stereocenters. The number of ether oxygens (including phenoxy) is 3. The lowest BCUT2D eigenvalue weighted by atomic mass is 10.1. The molecule has 1 aromatic heterocycles. The number of para-hydroxylation sites is 1. The standard InChI is InChI=1S/C20H18N2O4/c1-24-20(23)17(9-14-11-22-16-5-3-2-4-15(14)16)21-10-13-6-7-18-19(8-13)26-12-25-18/h2-8,10-11,17,22H,9,12H2,1H3/b21-10+/t17-/m1/s1. The van der Waals surface area contributed by atoms with Crippen molar-refractivity contribution in [1.82, 2.24) is 4.98 Å². The molecule has 0 bridgehead atoms. The number of methoxy groups -OCH3 is 1. The number of hydrogen-bond donors (Lipinski definition) is 1. The molecule has 6 heteroatoms. The first-order valence-corrected chi connectivity index (χ1v) is 8.30.